The Morgan fingerprint density at radius 3 is 2.71 bits per heavy atom. The molecule has 1 aromatic heterocycles. The topological polar surface area (TPSA) is 68.3 Å². The lowest BCUT2D eigenvalue weighted by atomic mass is 10.1. The summed E-state index contributed by atoms with van der Waals surface area (Å²) in [6.07, 6.45) is 1.28. The maximum absolute atomic E-state index is 11.3. The average Bonchev–Trinajstić information content (AvgIpc) is 2.32. The zero-order valence-corrected chi connectivity index (χ0v) is 10.5. The van der Waals surface area contributed by atoms with E-state index in [2.05, 4.69) is 10.3 Å². The normalized spacial score (nSPS) is 19.8. The number of anilines is 1. The van der Waals surface area contributed by atoms with Crippen molar-refractivity contribution in [2.45, 2.75) is 18.9 Å². The fourth-order valence-corrected chi connectivity index (χ4v) is 3.34. The van der Waals surface area contributed by atoms with Gasteiger partial charge in [0.1, 0.15) is 15.7 Å². The van der Waals surface area contributed by atoms with Crippen LogP contribution >= 0.6 is 0 Å². The van der Waals surface area contributed by atoms with Crippen LogP contribution in [0.5, 0.6) is 5.88 Å². The van der Waals surface area contributed by atoms with Gasteiger partial charge in [0, 0.05) is 12.1 Å². The molecule has 6 heteroatoms. The van der Waals surface area contributed by atoms with E-state index in [1.54, 1.807) is 13.2 Å². The number of sulfone groups is 1. The van der Waals surface area contributed by atoms with Crippen molar-refractivity contribution in [2.24, 2.45) is 0 Å². The van der Waals surface area contributed by atoms with Crippen LogP contribution in [0.4, 0.5) is 5.82 Å². The molecule has 1 aliphatic rings. The van der Waals surface area contributed by atoms with Gasteiger partial charge in [0.25, 0.3) is 0 Å². The third kappa shape index (κ3) is 3.33. The maximum atomic E-state index is 11.3. The number of pyridine rings is 1. The highest BCUT2D eigenvalue weighted by atomic mass is 32.2. The van der Waals surface area contributed by atoms with Crippen LogP contribution in [0.1, 0.15) is 12.8 Å². The molecule has 0 radical (unpaired) electrons. The van der Waals surface area contributed by atoms with E-state index in [0.29, 0.717) is 18.7 Å². The molecule has 0 unspecified atom stereocenters. The summed E-state index contributed by atoms with van der Waals surface area (Å²) >= 11 is 0. The van der Waals surface area contributed by atoms with Crippen LogP contribution in [0.15, 0.2) is 18.2 Å². The molecule has 1 aliphatic heterocycles. The van der Waals surface area contributed by atoms with Crippen molar-refractivity contribution < 1.29 is 13.2 Å². The number of rotatable bonds is 3. The highest BCUT2D eigenvalue weighted by molar-refractivity contribution is 7.91. The number of nitrogens with one attached hydrogen (secondary N) is 1. The SMILES string of the molecule is COc1cccc(NC2CCS(=O)(=O)CC2)n1. The molecule has 0 bridgehead atoms. The first kappa shape index (κ1) is 12.2. The number of nitrogens with zero attached hydrogens (tertiary/aromatic N) is 1. The lowest BCUT2D eigenvalue weighted by molar-refractivity contribution is 0.398. The van der Waals surface area contributed by atoms with Gasteiger partial charge >= 0.3 is 0 Å². The Balaban J connectivity index is 1.97. The van der Waals surface area contributed by atoms with Gasteiger partial charge in [-0.1, -0.05) is 6.07 Å². The first-order valence-corrected chi connectivity index (χ1v) is 7.39. The van der Waals surface area contributed by atoms with E-state index in [0.717, 1.165) is 5.82 Å². The number of hydrogen-bond donors (Lipinski definition) is 1. The second-order valence-electron chi connectivity index (χ2n) is 4.14. The van der Waals surface area contributed by atoms with Crippen molar-refractivity contribution in [2.75, 3.05) is 23.9 Å². The van der Waals surface area contributed by atoms with Gasteiger partial charge in [0.15, 0.2) is 0 Å². The number of aromatic nitrogens is 1. The predicted molar refractivity (Wildman–Crippen MR) is 66.1 cm³/mol. The molecule has 2 heterocycles. The van der Waals surface area contributed by atoms with Crippen LogP contribution in [0.3, 0.4) is 0 Å². The third-order valence-electron chi connectivity index (χ3n) is 2.84. The minimum absolute atomic E-state index is 0.179. The van der Waals surface area contributed by atoms with Crippen LogP contribution in [0.2, 0.25) is 0 Å². The van der Waals surface area contributed by atoms with Crippen LogP contribution in [0.25, 0.3) is 0 Å². The molecule has 0 aromatic carbocycles. The van der Waals surface area contributed by atoms with E-state index in [1.165, 1.54) is 0 Å². The highest BCUT2D eigenvalue weighted by Crippen LogP contribution is 2.18. The van der Waals surface area contributed by atoms with E-state index in [4.69, 9.17) is 4.74 Å². The van der Waals surface area contributed by atoms with Crippen LogP contribution in [-0.2, 0) is 9.84 Å². The lowest BCUT2D eigenvalue weighted by Gasteiger charge is -2.23. The van der Waals surface area contributed by atoms with E-state index < -0.39 is 9.84 Å². The van der Waals surface area contributed by atoms with Crippen LogP contribution < -0.4 is 10.1 Å². The van der Waals surface area contributed by atoms with Gasteiger partial charge in [-0.2, -0.15) is 4.98 Å². The van der Waals surface area contributed by atoms with Crippen molar-refractivity contribution in [3.63, 3.8) is 0 Å². The van der Waals surface area contributed by atoms with Crippen molar-refractivity contribution in [3.05, 3.63) is 18.2 Å². The minimum atomic E-state index is -2.81. The van der Waals surface area contributed by atoms with E-state index >= 15 is 0 Å². The first-order valence-electron chi connectivity index (χ1n) is 5.57. The maximum Gasteiger partial charge on any atom is 0.214 e. The summed E-state index contributed by atoms with van der Waals surface area (Å²) in [7, 11) is -1.24. The monoisotopic (exact) mass is 256 g/mol. The van der Waals surface area contributed by atoms with E-state index in [-0.39, 0.29) is 17.5 Å². The third-order valence-corrected chi connectivity index (χ3v) is 4.55. The quantitative estimate of drug-likeness (QED) is 0.876. The highest BCUT2D eigenvalue weighted by Gasteiger charge is 2.23. The molecule has 1 N–H and O–H groups in total. The summed E-state index contributed by atoms with van der Waals surface area (Å²) in [4.78, 5) is 4.24. The smallest absolute Gasteiger partial charge is 0.214 e. The second kappa shape index (κ2) is 4.91. The lowest BCUT2D eigenvalue weighted by Crippen LogP contribution is -2.32. The van der Waals surface area contributed by atoms with Crippen molar-refractivity contribution in [1.82, 2.24) is 4.98 Å². The van der Waals surface area contributed by atoms with Gasteiger partial charge in [-0.05, 0) is 18.9 Å². The summed E-state index contributed by atoms with van der Waals surface area (Å²) in [6, 6.07) is 5.66. The number of ether oxygens (including phenoxy) is 1. The standard InChI is InChI=1S/C11H16N2O3S/c1-16-11-4-2-3-10(13-11)12-9-5-7-17(14,15)8-6-9/h2-4,9H,5-8H2,1H3,(H,12,13). The number of hydrogen-bond acceptors (Lipinski definition) is 5. The molecule has 1 saturated heterocycles. The van der Waals surface area contributed by atoms with Gasteiger partial charge in [-0.3, -0.25) is 0 Å². The van der Waals surface area contributed by atoms with E-state index in [9.17, 15) is 8.42 Å². The molecule has 94 valence electrons. The molecule has 2 rings (SSSR count). The van der Waals surface area contributed by atoms with Crippen molar-refractivity contribution in [3.8, 4) is 5.88 Å². The Labute approximate surface area is 101 Å². The first-order chi connectivity index (χ1) is 8.09. The largest absolute Gasteiger partial charge is 0.481 e. The van der Waals surface area contributed by atoms with E-state index in [1.807, 2.05) is 12.1 Å². The summed E-state index contributed by atoms with van der Waals surface area (Å²) in [5, 5.41) is 3.24. The average molecular weight is 256 g/mol. The minimum Gasteiger partial charge on any atom is -0.481 e. The molecule has 0 atom stereocenters. The van der Waals surface area contributed by atoms with Crippen LogP contribution in [0, 0.1) is 0 Å². The Kier molecular flexibility index (Phi) is 3.51. The summed E-state index contributed by atoms with van der Waals surface area (Å²) in [6.45, 7) is 0. The van der Waals surface area contributed by atoms with Crippen molar-refractivity contribution >= 4 is 15.7 Å². The second-order valence-corrected chi connectivity index (χ2v) is 6.44. The fourth-order valence-electron chi connectivity index (χ4n) is 1.85. The Bertz CT molecular complexity index is 473. The molecule has 0 amide bonds. The molecule has 0 spiro atoms. The fraction of sp³-hybridized carbons (Fsp3) is 0.545. The summed E-state index contributed by atoms with van der Waals surface area (Å²) in [5.41, 5.74) is 0. The number of methoxy groups -OCH3 is 1. The molecule has 1 fully saturated rings. The predicted octanol–water partition coefficient (Wildman–Crippen LogP) is 1.08. The molecule has 17 heavy (non-hydrogen) atoms. The van der Waals surface area contributed by atoms with Gasteiger partial charge in [0.2, 0.25) is 5.88 Å². The van der Waals surface area contributed by atoms with Gasteiger partial charge in [-0.25, -0.2) is 8.42 Å². The molecule has 1 aromatic rings. The Morgan fingerprint density at radius 2 is 2.06 bits per heavy atom. The zero-order chi connectivity index (χ0) is 12.3. The molecular formula is C11H16N2O3S. The zero-order valence-electron chi connectivity index (χ0n) is 9.72. The molecule has 0 aliphatic carbocycles. The van der Waals surface area contributed by atoms with Gasteiger partial charge in [-0.15, -0.1) is 0 Å². The summed E-state index contributed by atoms with van der Waals surface area (Å²) in [5.74, 6) is 1.80. The Hall–Kier alpha value is -1.30. The molecule has 5 nitrogen and oxygen atoms in total. The molecule has 0 saturated carbocycles. The Morgan fingerprint density at radius 1 is 1.35 bits per heavy atom. The van der Waals surface area contributed by atoms with Crippen molar-refractivity contribution in [1.29, 1.82) is 0 Å². The summed E-state index contributed by atoms with van der Waals surface area (Å²) < 4.78 is 27.6. The van der Waals surface area contributed by atoms with Crippen LogP contribution in [-0.4, -0.2) is 38.1 Å². The van der Waals surface area contributed by atoms with Gasteiger partial charge < -0.3 is 10.1 Å². The molecular weight excluding hydrogens is 240 g/mol. The van der Waals surface area contributed by atoms with Gasteiger partial charge in [0.05, 0.1) is 18.6 Å².